The molecule has 4 nitrogen and oxygen atoms in total. The van der Waals surface area contributed by atoms with Crippen molar-refractivity contribution in [2.24, 2.45) is 0 Å². The number of nitrogens with zero attached hydrogens (tertiary/aromatic N) is 3. The lowest BCUT2D eigenvalue weighted by atomic mass is 10.6. The number of rotatable bonds is 6. The normalized spacial score (nSPS) is 10.5. The highest BCUT2D eigenvalue weighted by Gasteiger charge is 2.08. The van der Waals surface area contributed by atoms with Crippen LogP contribution in [-0.4, -0.2) is 40.8 Å². The Morgan fingerprint density at radius 1 is 1.36 bits per heavy atom. The second kappa shape index (κ2) is 6.21. The molecule has 0 atom stereocenters. The van der Waals surface area contributed by atoms with E-state index in [0.717, 1.165) is 22.6 Å². The second-order valence-electron chi connectivity index (χ2n) is 2.59. The van der Waals surface area contributed by atoms with E-state index in [1.165, 1.54) is 0 Å². The molecule has 1 N–H and O–H groups in total. The van der Waals surface area contributed by atoms with Crippen LogP contribution < -0.4 is 4.90 Å². The minimum Gasteiger partial charge on any atom is -0.396 e. The van der Waals surface area contributed by atoms with Gasteiger partial charge in [0.15, 0.2) is 4.34 Å². The smallest absolute Gasteiger partial charge is 0.209 e. The molecule has 0 amide bonds. The van der Waals surface area contributed by atoms with Crippen LogP contribution in [0.2, 0.25) is 0 Å². The van der Waals surface area contributed by atoms with E-state index in [4.69, 9.17) is 5.11 Å². The van der Waals surface area contributed by atoms with Gasteiger partial charge in [-0.25, -0.2) is 0 Å². The Balaban J connectivity index is 2.57. The zero-order valence-electron chi connectivity index (χ0n) is 8.43. The third kappa shape index (κ3) is 3.11. The highest BCUT2D eigenvalue weighted by atomic mass is 32.2. The summed E-state index contributed by atoms with van der Waals surface area (Å²) in [5.41, 5.74) is 0. The van der Waals surface area contributed by atoms with Crippen molar-refractivity contribution in [3.05, 3.63) is 0 Å². The molecular formula is C8H15N3OS2. The van der Waals surface area contributed by atoms with E-state index in [1.54, 1.807) is 23.1 Å². The highest BCUT2D eigenvalue weighted by Crippen LogP contribution is 2.27. The molecule has 1 rings (SSSR count). The fourth-order valence-corrected chi connectivity index (χ4v) is 2.80. The molecule has 1 aromatic heterocycles. The van der Waals surface area contributed by atoms with Gasteiger partial charge in [0.25, 0.3) is 0 Å². The average molecular weight is 233 g/mol. The zero-order chi connectivity index (χ0) is 10.4. The number of hydrogen-bond donors (Lipinski definition) is 1. The fourth-order valence-electron chi connectivity index (χ4n) is 1.02. The minimum absolute atomic E-state index is 0.185. The highest BCUT2D eigenvalue weighted by molar-refractivity contribution is 8.01. The summed E-state index contributed by atoms with van der Waals surface area (Å²) in [5.74, 6) is 0.687. The maximum atomic E-state index is 8.66. The number of anilines is 1. The lowest BCUT2D eigenvalue weighted by Gasteiger charge is -2.15. The summed E-state index contributed by atoms with van der Waals surface area (Å²) in [7, 11) is 0. The average Bonchev–Trinajstić information content (AvgIpc) is 2.65. The maximum absolute atomic E-state index is 8.66. The molecular weight excluding hydrogens is 218 g/mol. The molecule has 0 aliphatic rings. The van der Waals surface area contributed by atoms with Crippen LogP contribution in [0.15, 0.2) is 4.34 Å². The molecule has 14 heavy (non-hydrogen) atoms. The van der Waals surface area contributed by atoms with Crippen molar-refractivity contribution in [3.8, 4) is 0 Å². The van der Waals surface area contributed by atoms with Crippen LogP contribution in [-0.2, 0) is 0 Å². The summed E-state index contributed by atoms with van der Waals surface area (Å²) in [4.78, 5) is 2.17. The summed E-state index contributed by atoms with van der Waals surface area (Å²) in [6.45, 7) is 6.30. The molecule has 0 aliphatic carbocycles. The number of hydrogen-bond acceptors (Lipinski definition) is 6. The fraction of sp³-hybridized carbons (Fsp3) is 0.750. The van der Waals surface area contributed by atoms with E-state index >= 15 is 0 Å². The largest absolute Gasteiger partial charge is 0.396 e. The van der Waals surface area contributed by atoms with Gasteiger partial charge in [-0.05, 0) is 13.8 Å². The van der Waals surface area contributed by atoms with Crippen molar-refractivity contribution in [2.75, 3.05) is 30.3 Å². The third-order valence-corrected chi connectivity index (χ3v) is 3.84. The molecule has 0 fully saturated rings. The van der Waals surface area contributed by atoms with Crippen molar-refractivity contribution in [1.29, 1.82) is 0 Å². The van der Waals surface area contributed by atoms with Gasteiger partial charge in [0.2, 0.25) is 5.13 Å². The predicted octanol–water partition coefficient (Wildman–Crippen LogP) is 1.47. The number of aliphatic hydroxyl groups excluding tert-OH is 1. The number of thioether (sulfide) groups is 1. The van der Waals surface area contributed by atoms with Crippen LogP contribution in [0.4, 0.5) is 5.13 Å². The second-order valence-corrected chi connectivity index (χ2v) is 4.89. The van der Waals surface area contributed by atoms with Gasteiger partial charge in [-0.3, -0.25) is 0 Å². The van der Waals surface area contributed by atoms with Crippen LogP contribution in [0.3, 0.4) is 0 Å². The van der Waals surface area contributed by atoms with Crippen LogP contribution in [0, 0.1) is 0 Å². The summed E-state index contributed by atoms with van der Waals surface area (Å²) < 4.78 is 0.931. The van der Waals surface area contributed by atoms with Crippen molar-refractivity contribution in [3.63, 3.8) is 0 Å². The van der Waals surface area contributed by atoms with E-state index < -0.39 is 0 Å². The maximum Gasteiger partial charge on any atom is 0.209 e. The molecule has 1 aromatic rings. The van der Waals surface area contributed by atoms with Gasteiger partial charge in [0.1, 0.15) is 0 Å². The van der Waals surface area contributed by atoms with Crippen LogP contribution in [0.1, 0.15) is 13.8 Å². The molecule has 0 unspecified atom stereocenters. The van der Waals surface area contributed by atoms with E-state index in [1.807, 2.05) is 0 Å². The number of aliphatic hydroxyl groups is 1. The van der Waals surface area contributed by atoms with Gasteiger partial charge in [-0.1, -0.05) is 23.1 Å². The van der Waals surface area contributed by atoms with Crippen LogP contribution in [0.5, 0.6) is 0 Å². The van der Waals surface area contributed by atoms with Crippen LogP contribution in [0.25, 0.3) is 0 Å². The summed E-state index contributed by atoms with van der Waals surface area (Å²) in [6, 6.07) is 0. The summed E-state index contributed by atoms with van der Waals surface area (Å²) >= 11 is 3.13. The Morgan fingerprint density at radius 2 is 2.07 bits per heavy atom. The molecule has 80 valence electrons. The predicted molar refractivity (Wildman–Crippen MR) is 61.3 cm³/mol. The molecule has 0 aromatic carbocycles. The Morgan fingerprint density at radius 3 is 2.64 bits per heavy atom. The summed E-state index contributed by atoms with van der Waals surface area (Å²) in [6.07, 6.45) is 0. The first-order chi connectivity index (χ1) is 6.81. The van der Waals surface area contributed by atoms with E-state index in [-0.39, 0.29) is 6.61 Å². The van der Waals surface area contributed by atoms with Gasteiger partial charge in [0, 0.05) is 18.8 Å². The van der Waals surface area contributed by atoms with Crippen molar-refractivity contribution < 1.29 is 5.11 Å². The Bertz CT molecular complexity index is 263. The molecule has 1 heterocycles. The quantitative estimate of drug-likeness (QED) is 0.754. The molecule has 6 heteroatoms. The zero-order valence-corrected chi connectivity index (χ0v) is 10.1. The van der Waals surface area contributed by atoms with Crippen molar-refractivity contribution >= 4 is 28.2 Å². The minimum atomic E-state index is 0.185. The third-order valence-electron chi connectivity index (χ3n) is 1.75. The van der Waals surface area contributed by atoms with Gasteiger partial charge >= 0.3 is 0 Å². The lowest BCUT2D eigenvalue weighted by Crippen LogP contribution is -2.21. The lowest BCUT2D eigenvalue weighted by molar-refractivity contribution is 0.322. The van der Waals surface area contributed by atoms with Gasteiger partial charge in [-0.15, -0.1) is 10.2 Å². The Kier molecular flexibility index (Phi) is 5.21. The molecule has 0 radical (unpaired) electrons. The standard InChI is InChI=1S/C8H15N3OS2/c1-3-11(4-2)7-9-10-8(14-7)13-6-5-12/h12H,3-6H2,1-2H3. The first-order valence-corrected chi connectivity index (χ1v) is 6.44. The molecule has 0 bridgehead atoms. The first kappa shape index (κ1) is 11.7. The monoisotopic (exact) mass is 233 g/mol. The van der Waals surface area contributed by atoms with E-state index in [2.05, 4.69) is 28.9 Å². The van der Waals surface area contributed by atoms with Crippen molar-refractivity contribution in [2.45, 2.75) is 18.2 Å². The molecule has 0 saturated heterocycles. The molecule has 0 aliphatic heterocycles. The molecule has 0 spiro atoms. The van der Waals surface area contributed by atoms with Crippen molar-refractivity contribution in [1.82, 2.24) is 10.2 Å². The van der Waals surface area contributed by atoms with Crippen LogP contribution >= 0.6 is 23.1 Å². The number of aromatic nitrogens is 2. The summed E-state index contributed by atoms with van der Waals surface area (Å²) in [5, 5.41) is 17.8. The van der Waals surface area contributed by atoms with E-state index in [0.29, 0.717) is 5.75 Å². The SMILES string of the molecule is CCN(CC)c1nnc(SCCO)s1. The molecule has 0 saturated carbocycles. The van der Waals surface area contributed by atoms with Gasteiger partial charge in [0.05, 0.1) is 6.61 Å². The van der Waals surface area contributed by atoms with Gasteiger partial charge in [-0.2, -0.15) is 0 Å². The first-order valence-electron chi connectivity index (χ1n) is 4.63. The topological polar surface area (TPSA) is 49.2 Å². The van der Waals surface area contributed by atoms with Gasteiger partial charge < -0.3 is 10.0 Å². The Hall–Kier alpha value is -0.330. The Labute approximate surface area is 92.3 Å². The van der Waals surface area contributed by atoms with E-state index in [9.17, 15) is 0 Å².